The van der Waals surface area contributed by atoms with Crippen molar-refractivity contribution in [1.29, 1.82) is 0 Å². The zero-order chi connectivity index (χ0) is 14.5. The summed E-state index contributed by atoms with van der Waals surface area (Å²) in [5.74, 6) is -1.47. The molecule has 2 aromatic rings. The van der Waals surface area contributed by atoms with E-state index in [2.05, 4.69) is 21.2 Å². The molecule has 0 aliphatic heterocycles. The van der Waals surface area contributed by atoms with E-state index in [4.69, 9.17) is 5.11 Å². The van der Waals surface area contributed by atoms with Crippen molar-refractivity contribution < 1.29 is 14.3 Å². The lowest BCUT2D eigenvalue weighted by atomic mass is 10.1. The lowest BCUT2D eigenvalue weighted by Crippen LogP contribution is -2.30. The Kier molecular flexibility index (Phi) is 4.74. The van der Waals surface area contributed by atoms with Crippen LogP contribution in [0.4, 0.5) is 4.39 Å². The molecule has 0 saturated heterocycles. The standard InChI is InChI=1S/C15H13BrFNO2/c16-9-14(10-4-2-1-3-5-10)18-15(20)12-7-6-11(19)8-13(12)17/h1-8,14,19H,9H2,(H,18,20). The van der Waals surface area contributed by atoms with E-state index in [1.165, 1.54) is 12.1 Å². The number of phenolic OH excluding ortho intramolecular Hbond substituents is 1. The highest BCUT2D eigenvalue weighted by molar-refractivity contribution is 9.09. The van der Waals surface area contributed by atoms with E-state index in [9.17, 15) is 9.18 Å². The number of nitrogens with one attached hydrogen (secondary N) is 1. The minimum absolute atomic E-state index is 0.0929. The predicted octanol–water partition coefficient (Wildman–Crippen LogP) is 3.40. The third kappa shape index (κ3) is 3.36. The van der Waals surface area contributed by atoms with Crippen molar-refractivity contribution in [1.82, 2.24) is 5.32 Å². The van der Waals surface area contributed by atoms with Crippen LogP contribution in [0.25, 0.3) is 0 Å². The Hall–Kier alpha value is -1.88. The molecule has 0 spiro atoms. The van der Waals surface area contributed by atoms with Crippen molar-refractivity contribution in [2.75, 3.05) is 5.33 Å². The molecule has 0 aromatic heterocycles. The molecule has 0 fully saturated rings. The monoisotopic (exact) mass is 337 g/mol. The topological polar surface area (TPSA) is 49.3 Å². The predicted molar refractivity (Wildman–Crippen MR) is 78.5 cm³/mol. The van der Waals surface area contributed by atoms with Crippen LogP contribution in [0.15, 0.2) is 48.5 Å². The lowest BCUT2D eigenvalue weighted by Gasteiger charge is -2.17. The molecule has 0 radical (unpaired) electrons. The van der Waals surface area contributed by atoms with E-state index in [0.717, 1.165) is 11.6 Å². The molecule has 1 atom stereocenters. The molecule has 3 nitrogen and oxygen atoms in total. The number of amides is 1. The first-order valence-corrected chi connectivity index (χ1v) is 7.14. The average molecular weight is 338 g/mol. The Morgan fingerprint density at radius 3 is 2.55 bits per heavy atom. The first kappa shape index (κ1) is 14.5. The van der Waals surface area contributed by atoms with Crippen LogP contribution in [0.5, 0.6) is 5.75 Å². The van der Waals surface area contributed by atoms with Gasteiger partial charge in [-0.25, -0.2) is 4.39 Å². The van der Waals surface area contributed by atoms with Gasteiger partial charge >= 0.3 is 0 Å². The van der Waals surface area contributed by atoms with Crippen LogP contribution >= 0.6 is 15.9 Å². The molecule has 0 heterocycles. The fraction of sp³-hybridized carbons (Fsp3) is 0.133. The highest BCUT2D eigenvalue weighted by atomic mass is 79.9. The molecule has 5 heteroatoms. The van der Waals surface area contributed by atoms with Crippen LogP contribution < -0.4 is 5.32 Å². The molecule has 104 valence electrons. The number of hydrogen-bond acceptors (Lipinski definition) is 2. The number of halogens is 2. The van der Waals surface area contributed by atoms with Gasteiger partial charge in [0, 0.05) is 11.4 Å². The molecule has 0 aliphatic rings. The van der Waals surface area contributed by atoms with E-state index in [1.807, 2.05) is 30.3 Å². The Morgan fingerprint density at radius 1 is 1.25 bits per heavy atom. The van der Waals surface area contributed by atoms with Crippen LogP contribution in [-0.2, 0) is 0 Å². The van der Waals surface area contributed by atoms with Gasteiger partial charge in [-0.05, 0) is 17.7 Å². The van der Waals surface area contributed by atoms with Crippen LogP contribution in [0.2, 0.25) is 0 Å². The molecule has 1 amide bonds. The number of rotatable bonds is 4. The number of hydrogen-bond donors (Lipinski definition) is 2. The van der Waals surface area contributed by atoms with Gasteiger partial charge in [0.25, 0.3) is 5.91 Å². The van der Waals surface area contributed by atoms with E-state index in [0.29, 0.717) is 5.33 Å². The zero-order valence-electron chi connectivity index (χ0n) is 10.5. The SMILES string of the molecule is O=C(NC(CBr)c1ccccc1)c1ccc(O)cc1F. The quantitative estimate of drug-likeness (QED) is 0.840. The Labute approximate surface area is 124 Å². The summed E-state index contributed by atoms with van der Waals surface area (Å²) in [7, 11) is 0. The van der Waals surface area contributed by atoms with Gasteiger partial charge in [-0.2, -0.15) is 0 Å². The normalized spacial score (nSPS) is 11.9. The Morgan fingerprint density at radius 2 is 1.95 bits per heavy atom. The Bertz CT molecular complexity index is 604. The van der Waals surface area contributed by atoms with Crippen molar-refractivity contribution in [3.8, 4) is 5.75 Å². The van der Waals surface area contributed by atoms with Gasteiger partial charge < -0.3 is 10.4 Å². The van der Waals surface area contributed by atoms with Gasteiger partial charge in [0.1, 0.15) is 11.6 Å². The molecular weight excluding hydrogens is 325 g/mol. The van der Waals surface area contributed by atoms with Gasteiger partial charge in [-0.1, -0.05) is 46.3 Å². The minimum Gasteiger partial charge on any atom is -0.508 e. The van der Waals surface area contributed by atoms with Gasteiger partial charge in [0.15, 0.2) is 0 Å². The number of phenols is 1. The number of carbonyl (C=O) groups is 1. The summed E-state index contributed by atoms with van der Waals surface area (Å²) >= 11 is 3.34. The van der Waals surface area contributed by atoms with E-state index in [-0.39, 0.29) is 17.4 Å². The van der Waals surface area contributed by atoms with Crippen molar-refractivity contribution in [2.45, 2.75) is 6.04 Å². The average Bonchev–Trinajstić information content (AvgIpc) is 2.45. The summed E-state index contributed by atoms with van der Waals surface area (Å²) in [5.41, 5.74) is 0.835. The molecule has 0 bridgehead atoms. The first-order chi connectivity index (χ1) is 9.61. The summed E-state index contributed by atoms with van der Waals surface area (Å²) < 4.78 is 13.6. The summed E-state index contributed by atoms with van der Waals surface area (Å²) in [6, 6.07) is 12.6. The molecule has 1 unspecified atom stereocenters. The molecule has 2 aromatic carbocycles. The number of carbonyl (C=O) groups excluding carboxylic acids is 1. The van der Waals surface area contributed by atoms with Gasteiger partial charge in [-0.15, -0.1) is 0 Å². The second-order valence-electron chi connectivity index (χ2n) is 4.26. The molecule has 20 heavy (non-hydrogen) atoms. The largest absolute Gasteiger partial charge is 0.508 e. The third-order valence-electron chi connectivity index (χ3n) is 2.86. The van der Waals surface area contributed by atoms with Gasteiger partial charge in [0.05, 0.1) is 11.6 Å². The second-order valence-corrected chi connectivity index (χ2v) is 4.90. The van der Waals surface area contributed by atoms with Crippen molar-refractivity contribution >= 4 is 21.8 Å². The summed E-state index contributed by atoms with van der Waals surface area (Å²) in [5, 5.41) is 12.4. The van der Waals surface area contributed by atoms with Crippen LogP contribution in [0.1, 0.15) is 22.0 Å². The molecular formula is C15H13BrFNO2. The fourth-order valence-corrected chi connectivity index (χ4v) is 2.36. The van der Waals surface area contributed by atoms with Crippen LogP contribution in [0.3, 0.4) is 0 Å². The maximum atomic E-state index is 13.6. The van der Waals surface area contributed by atoms with Crippen molar-refractivity contribution in [3.63, 3.8) is 0 Å². The number of aromatic hydroxyl groups is 1. The lowest BCUT2D eigenvalue weighted by molar-refractivity contribution is 0.0936. The zero-order valence-corrected chi connectivity index (χ0v) is 12.1. The summed E-state index contributed by atoms with van der Waals surface area (Å²) in [4.78, 5) is 12.1. The van der Waals surface area contributed by atoms with Crippen molar-refractivity contribution in [2.24, 2.45) is 0 Å². The highest BCUT2D eigenvalue weighted by Gasteiger charge is 2.17. The summed E-state index contributed by atoms with van der Waals surface area (Å²) in [6.45, 7) is 0. The fourth-order valence-electron chi connectivity index (χ4n) is 1.82. The summed E-state index contributed by atoms with van der Waals surface area (Å²) in [6.07, 6.45) is 0. The molecule has 2 rings (SSSR count). The van der Waals surface area contributed by atoms with Crippen LogP contribution in [-0.4, -0.2) is 16.3 Å². The first-order valence-electron chi connectivity index (χ1n) is 6.02. The minimum atomic E-state index is -0.746. The number of benzene rings is 2. The maximum absolute atomic E-state index is 13.6. The van der Waals surface area contributed by atoms with Gasteiger partial charge in [-0.3, -0.25) is 4.79 Å². The second kappa shape index (κ2) is 6.52. The molecule has 0 saturated carbocycles. The van der Waals surface area contributed by atoms with Crippen LogP contribution in [0, 0.1) is 5.82 Å². The highest BCUT2D eigenvalue weighted by Crippen LogP contribution is 2.18. The van der Waals surface area contributed by atoms with Gasteiger partial charge in [0.2, 0.25) is 0 Å². The maximum Gasteiger partial charge on any atom is 0.254 e. The van der Waals surface area contributed by atoms with E-state index < -0.39 is 11.7 Å². The molecule has 2 N–H and O–H groups in total. The smallest absolute Gasteiger partial charge is 0.254 e. The number of alkyl halides is 1. The third-order valence-corrected chi connectivity index (χ3v) is 3.51. The Balaban J connectivity index is 2.17. The van der Waals surface area contributed by atoms with Crippen molar-refractivity contribution in [3.05, 3.63) is 65.5 Å². The van der Waals surface area contributed by atoms with E-state index >= 15 is 0 Å². The van der Waals surface area contributed by atoms with E-state index in [1.54, 1.807) is 0 Å². The molecule has 0 aliphatic carbocycles.